The van der Waals surface area contributed by atoms with Crippen LogP contribution in [0.1, 0.15) is 23.5 Å². The maximum Gasteiger partial charge on any atom is 0.234 e. The Bertz CT molecular complexity index is 583. The van der Waals surface area contributed by atoms with Crippen molar-refractivity contribution in [2.45, 2.75) is 18.7 Å². The zero-order valence-electron chi connectivity index (χ0n) is 11.2. The normalized spacial score (nSPS) is 11.9. The van der Waals surface area contributed by atoms with Crippen molar-refractivity contribution in [1.29, 1.82) is 0 Å². The van der Waals surface area contributed by atoms with E-state index in [-0.39, 0.29) is 11.8 Å². The van der Waals surface area contributed by atoms with E-state index in [1.54, 1.807) is 31.4 Å². The lowest BCUT2D eigenvalue weighted by Gasteiger charge is -2.10. The number of methoxy groups -OCH3 is 1. The third-order valence-corrected chi connectivity index (χ3v) is 4.18. The highest BCUT2D eigenvalue weighted by atomic mass is 35.5. The van der Waals surface area contributed by atoms with Crippen molar-refractivity contribution in [1.82, 2.24) is 4.98 Å². The number of hydrogen-bond acceptors (Lipinski definition) is 4. The van der Waals surface area contributed by atoms with Crippen molar-refractivity contribution in [3.63, 3.8) is 0 Å². The van der Waals surface area contributed by atoms with Crippen molar-refractivity contribution >= 4 is 34.5 Å². The van der Waals surface area contributed by atoms with Gasteiger partial charge in [0.15, 0.2) is 0 Å². The Kier molecular flexibility index (Phi) is 4.98. The fourth-order valence-corrected chi connectivity index (χ4v) is 2.72. The second kappa shape index (κ2) is 6.72. The van der Waals surface area contributed by atoms with Gasteiger partial charge in [-0.05, 0) is 31.2 Å². The maximum absolute atomic E-state index is 12.2. The number of anilines is 1. The number of benzene rings is 1. The molecule has 0 saturated carbocycles. The van der Waals surface area contributed by atoms with Crippen LogP contribution in [0, 0.1) is 0 Å². The van der Waals surface area contributed by atoms with Crippen molar-refractivity contribution < 1.29 is 9.53 Å². The van der Waals surface area contributed by atoms with Crippen LogP contribution in [0.2, 0.25) is 0 Å². The molecule has 0 fully saturated rings. The Balaban J connectivity index is 2.02. The average molecular weight is 311 g/mol. The van der Waals surface area contributed by atoms with Gasteiger partial charge < -0.3 is 10.1 Å². The number of ether oxygens (including phenoxy) is 1. The zero-order valence-corrected chi connectivity index (χ0v) is 12.8. The van der Waals surface area contributed by atoms with Crippen LogP contribution in [-0.2, 0) is 10.7 Å². The highest BCUT2D eigenvalue weighted by Gasteiger charge is 2.18. The van der Waals surface area contributed by atoms with Crippen LogP contribution < -0.4 is 10.1 Å². The molecule has 1 amide bonds. The number of nitrogens with one attached hydrogen (secondary N) is 1. The molecule has 1 unspecified atom stereocenters. The van der Waals surface area contributed by atoms with Crippen molar-refractivity contribution in [3.8, 4) is 5.75 Å². The topological polar surface area (TPSA) is 51.2 Å². The molecule has 0 spiro atoms. The number of amides is 1. The molecule has 106 valence electrons. The first-order valence-electron chi connectivity index (χ1n) is 6.09. The third-order valence-electron chi connectivity index (χ3n) is 2.83. The summed E-state index contributed by atoms with van der Waals surface area (Å²) in [5.41, 5.74) is 1.53. The van der Waals surface area contributed by atoms with Gasteiger partial charge in [-0.3, -0.25) is 4.79 Å². The van der Waals surface area contributed by atoms with E-state index in [1.807, 2.05) is 12.3 Å². The SMILES string of the molecule is COc1ccc(NC(=O)C(C)c2nc(CCl)cs2)cc1. The number of rotatable bonds is 5. The van der Waals surface area contributed by atoms with E-state index in [2.05, 4.69) is 10.3 Å². The van der Waals surface area contributed by atoms with Crippen LogP contribution in [0.5, 0.6) is 5.75 Å². The minimum Gasteiger partial charge on any atom is -0.497 e. The van der Waals surface area contributed by atoms with E-state index in [9.17, 15) is 4.79 Å². The van der Waals surface area contributed by atoms with Gasteiger partial charge in [0.05, 0.1) is 24.6 Å². The molecule has 2 aromatic rings. The molecule has 1 aromatic carbocycles. The Morgan fingerprint density at radius 2 is 2.15 bits per heavy atom. The van der Waals surface area contributed by atoms with Gasteiger partial charge in [-0.25, -0.2) is 4.98 Å². The molecular formula is C14H15ClN2O2S. The standard InChI is InChI=1S/C14H15ClN2O2S/c1-9(14-17-11(7-15)8-20-14)13(18)16-10-3-5-12(19-2)6-4-10/h3-6,8-9H,7H2,1-2H3,(H,16,18). The number of halogens is 1. The third kappa shape index (κ3) is 3.49. The Labute approximate surface area is 126 Å². The average Bonchev–Trinajstić information content (AvgIpc) is 2.96. The monoisotopic (exact) mass is 310 g/mol. The van der Waals surface area contributed by atoms with Crippen LogP contribution in [-0.4, -0.2) is 18.0 Å². The van der Waals surface area contributed by atoms with E-state index in [1.165, 1.54) is 11.3 Å². The molecule has 0 aliphatic rings. The molecule has 4 nitrogen and oxygen atoms in total. The van der Waals surface area contributed by atoms with Crippen LogP contribution >= 0.6 is 22.9 Å². The van der Waals surface area contributed by atoms with E-state index < -0.39 is 0 Å². The summed E-state index contributed by atoms with van der Waals surface area (Å²) in [4.78, 5) is 16.5. The molecule has 0 saturated heterocycles. The minimum absolute atomic E-state index is 0.0920. The molecule has 6 heteroatoms. The van der Waals surface area contributed by atoms with Crippen molar-refractivity contribution in [2.75, 3.05) is 12.4 Å². The van der Waals surface area contributed by atoms with Gasteiger partial charge in [-0.15, -0.1) is 22.9 Å². The number of carbonyl (C=O) groups excluding carboxylic acids is 1. The first-order chi connectivity index (χ1) is 9.63. The number of nitrogens with zero attached hydrogens (tertiary/aromatic N) is 1. The maximum atomic E-state index is 12.2. The lowest BCUT2D eigenvalue weighted by Crippen LogP contribution is -2.18. The largest absolute Gasteiger partial charge is 0.497 e. The van der Waals surface area contributed by atoms with Crippen LogP contribution in [0.4, 0.5) is 5.69 Å². The number of hydrogen-bond donors (Lipinski definition) is 1. The molecule has 1 aromatic heterocycles. The zero-order chi connectivity index (χ0) is 14.5. The van der Waals surface area contributed by atoms with E-state index in [0.717, 1.165) is 22.1 Å². The minimum atomic E-state index is -0.306. The van der Waals surface area contributed by atoms with Crippen LogP contribution in [0.3, 0.4) is 0 Å². The van der Waals surface area contributed by atoms with E-state index in [0.29, 0.717) is 5.88 Å². The Morgan fingerprint density at radius 3 is 2.70 bits per heavy atom. The Morgan fingerprint density at radius 1 is 1.45 bits per heavy atom. The fraction of sp³-hybridized carbons (Fsp3) is 0.286. The van der Waals surface area contributed by atoms with Crippen molar-refractivity contribution in [3.05, 3.63) is 40.3 Å². The second-order valence-corrected chi connectivity index (χ2v) is 5.41. The highest BCUT2D eigenvalue weighted by molar-refractivity contribution is 7.09. The molecule has 0 aliphatic carbocycles. The lowest BCUT2D eigenvalue weighted by molar-refractivity contribution is -0.117. The number of carbonyl (C=O) groups is 1. The lowest BCUT2D eigenvalue weighted by atomic mass is 10.1. The summed E-state index contributed by atoms with van der Waals surface area (Å²) in [7, 11) is 1.60. The van der Waals surface area contributed by atoms with Crippen LogP contribution in [0.25, 0.3) is 0 Å². The summed E-state index contributed by atoms with van der Waals surface area (Å²) in [5, 5.41) is 5.50. The Hall–Kier alpha value is -1.59. The summed E-state index contributed by atoms with van der Waals surface area (Å²) in [5.74, 6) is 0.719. The van der Waals surface area contributed by atoms with Gasteiger partial charge in [0.1, 0.15) is 10.8 Å². The van der Waals surface area contributed by atoms with E-state index in [4.69, 9.17) is 16.3 Å². The molecule has 20 heavy (non-hydrogen) atoms. The predicted molar refractivity (Wildman–Crippen MR) is 81.7 cm³/mol. The first kappa shape index (κ1) is 14.8. The second-order valence-electron chi connectivity index (χ2n) is 4.25. The van der Waals surface area contributed by atoms with Gasteiger partial charge >= 0.3 is 0 Å². The molecule has 1 heterocycles. The number of thiazole rings is 1. The first-order valence-corrected chi connectivity index (χ1v) is 7.50. The summed E-state index contributed by atoms with van der Waals surface area (Å²) in [6.45, 7) is 1.83. The number of aromatic nitrogens is 1. The van der Waals surface area contributed by atoms with Gasteiger partial charge in [0, 0.05) is 11.1 Å². The molecular weight excluding hydrogens is 296 g/mol. The molecule has 2 rings (SSSR count). The van der Waals surface area contributed by atoms with Gasteiger partial charge in [0.2, 0.25) is 5.91 Å². The van der Waals surface area contributed by atoms with Gasteiger partial charge in [-0.2, -0.15) is 0 Å². The van der Waals surface area contributed by atoms with E-state index >= 15 is 0 Å². The molecule has 0 radical (unpaired) electrons. The smallest absolute Gasteiger partial charge is 0.234 e. The van der Waals surface area contributed by atoms with Gasteiger partial charge in [0.25, 0.3) is 0 Å². The molecule has 1 atom stereocenters. The van der Waals surface area contributed by atoms with Crippen LogP contribution in [0.15, 0.2) is 29.6 Å². The summed E-state index contributed by atoms with van der Waals surface area (Å²) >= 11 is 7.17. The summed E-state index contributed by atoms with van der Waals surface area (Å²) < 4.78 is 5.07. The van der Waals surface area contributed by atoms with Gasteiger partial charge in [-0.1, -0.05) is 0 Å². The number of alkyl halides is 1. The predicted octanol–water partition coefficient (Wildman–Crippen LogP) is 3.63. The quantitative estimate of drug-likeness (QED) is 0.858. The summed E-state index contributed by atoms with van der Waals surface area (Å²) in [6, 6.07) is 7.20. The molecule has 0 bridgehead atoms. The van der Waals surface area contributed by atoms with Crippen molar-refractivity contribution in [2.24, 2.45) is 0 Å². The highest BCUT2D eigenvalue weighted by Crippen LogP contribution is 2.23. The molecule has 0 aliphatic heterocycles. The summed E-state index contributed by atoms with van der Waals surface area (Å²) in [6.07, 6.45) is 0. The fourth-order valence-electron chi connectivity index (χ4n) is 1.62. The molecule has 1 N–H and O–H groups in total.